The molecule has 0 fully saturated rings. The van der Waals surface area contributed by atoms with Crippen LogP contribution in [-0.4, -0.2) is 40.4 Å². The lowest BCUT2D eigenvalue weighted by atomic mass is 9.81. The van der Waals surface area contributed by atoms with E-state index < -0.39 is 0 Å². The molecule has 18 heavy (non-hydrogen) atoms. The van der Waals surface area contributed by atoms with E-state index in [4.69, 9.17) is 5.84 Å². The highest BCUT2D eigenvalue weighted by Crippen LogP contribution is 2.27. The molecule has 0 bridgehead atoms. The van der Waals surface area contributed by atoms with Crippen LogP contribution in [0.5, 0.6) is 0 Å². The largest absolute Gasteiger partial charge is 0.302 e. The van der Waals surface area contributed by atoms with Crippen LogP contribution in [0.1, 0.15) is 32.3 Å². The summed E-state index contributed by atoms with van der Waals surface area (Å²) in [5.41, 5.74) is 4.30. The standard InChI is InChI=1S/C13H27N5/c1-6-13(7-2,17(3)4)12(16-14)8-11-9-15-18(5)10-11/h9-10,12,16H,6-8,14H2,1-5H3. The zero-order valence-corrected chi connectivity index (χ0v) is 12.3. The molecule has 3 N–H and O–H groups in total. The second-order valence-electron chi connectivity index (χ2n) is 5.15. The van der Waals surface area contributed by atoms with Crippen molar-refractivity contribution in [1.29, 1.82) is 0 Å². The van der Waals surface area contributed by atoms with Crippen LogP contribution in [0, 0.1) is 0 Å². The summed E-state index contributed by atoms with van der Waals surface area (Å²) < 4.78 is 1.83. The molecule has 1 aromatic heterocycles. The molecule has 0 saturated heterocycles. The lowest BCUT2D eigenvalue weighted by Gasteiger charge is -2.44. The molecule has 5 nitrogen and oxygen atoms in total. The second kappa shape index (κ2) is 6.31. The molecule has 0 aliphatic rings. The summed E-state index contributed by atoms with van der Waals surface area (Å²) >= 11 is 0. The van der Waals surface area contributed by atoms with Crippen molar-refractivity contribution in [3.05, 3.63) is 18.0 Å². The highest BCUT2D eigenvalue weighted by molar-refractivity contribution is 5.10. The first kappa shape index (κ1) is 15.1. The second-order valence-corrected chi connectivity index (χ2v) is 5.15. The van der Waals surface area contributed by atoms with E-state index in [1.165, 1.54) is 5.56 Å². The van der Waals surface area contributed by atoms with Gasteiger partial charge in [0.2, 0.25) is 0 Å². The number of rotatable bonds is 7. The van der Waals surface area contributed by atoms with Gasteiger partial charge in [-0.3, -0.25) is 16.0 Å². The summed E-state index contributed by atoms with van der Waals surface area (Å²) in [4.78, 5) is 2.29. The van der Waals surface area contributed by atoms with Gasteiger partial charge in [0.05, 0.1) is 6.20 Å². The number of aromatic nitrogens is 2. The fourth-order valence-electron chi connectivity index (χ4n) is 2.90. The zero-order chi connectivity index (χ0) is 13.8. The smallest absolute Gasteiger partial charge is 0.0522 e. The Labute approximate surface area is 110 Å². The van der Waals surface area contributed by atoms with Gasteiger partial charge in [0, 0.05) is 24.8 Å². The van der Waals surface area contributed by atoms with Crippen molar-refractivity contribution >= 4 is 0 Å². The van der Waals surface area contributed by atoms with E-state index in [-0.39, 0.29) is 11.6 Å². The van der Waals surface area contributed by atoms with Gasteiger partial charge in [-0.15, -0.1) is 0 Å². The predicted molar refractivity (Wildman–Crippen MR) is 75.0 cm³/mol. The molecule has 0 amide bonds. The fraction of sp³-hybridized carbons (Fsp3) is 0.769. The first-order chi connectivity index (χ1) is 8.50. The summed E-state index contributed by atoms with van der Waals surface area (Å²) in [6.07, 6.45) is 6.98. The van der Waals surface area contributed by atoms with E-state index in [9.17, 15) is 0 Å². The quantitative estimate of drug-likeness (QED) is 0.560. The van der Waals surface area contributed by atoms with Crippen LogP contribution in [0.3, 0.4) is 0 Å². The Balaban J connectivity index is 2.92. The number of hydrazine groups is 1. The van der Waals surface area contributed by atoms with E-state index in [0.29, 0.717) is 0 Å². The van der Waals surface area contributed by atoms with Crippen molar-refractivity contribution in [3.8, 4) is 0 Å². The van der Waals surface area contributed by atoms with Crippen LogP contribution in [0.2, 0.25) is 0 Å². The minimum atomic E-state index is 0.0740. The third-order valence-corrected chi connectivity index (χ3v) is 4.16. The summed E-state index contributed by atoms with van der Waals surface area (Å²) in [7, 11) is 6.19. The van der Waals surface area contributed by atoms with Gasteiger partial charge in [0.1, 0.15) is 0 Å². The molecule has 104 valence electrons. The van der Waals surface area contributed by atoms with Crippen molar-refractivity contribution in [2.75, 3.05) is 14.1 Å². The van der Waals surface area contributed by atoms with Crippen molar-refractivity contribution < 1.29 is 0 Å². The molecule has 0 aliphatic heterocycles. The molecule has 1 rings (SSSR count). The van der Waals surface area contributed by atoms with Crippen molar-refractivity contribution in [1.82, 2.24) is 20.1 Å². The molecule has 0 aromatic carbocycles. The minimum absolute atomic E-state index is 0.0740. The fourth-order valence-corrected chi connectivity index (χ4v) is 2.90. The number of hydrogen-bond acceptors (Lipinski definition) is 4. The van der Waals surface area contributed by atoms with Crippen LogP contribution < -0.4 is 11.3 Å². The van der Waals surface area contributed by atoms with Crippen LogP contribution in [0.15, 0.2) is 12.4 Å². The third kappa shape index (κ3) is 2.91. The Morgan fingerprint density at radius 1 is 1.44 bits per heavy atom. The van der Waals surface area contributed by atoms with Gasteiger partial charge >= 0.3 is 0 Å². The van der Waals surface area contributed by atoms with E-state index in [1.54, 1.807) is 0 Å². The molecule has 0 spiro atoms. The SMILES string of the molecule is CCC(CC)(C(Cc1cnn(C)c1)NN)N(C)C. The Hall–Kier alpha value is -0.910. The monoisotopic (exact) mass is 253 g/mol. The number of nitrogens with zero attached hydrogens (tertiary/aromatic N) is 3. The van der Waals surface area contributed by atoms with Gasteiger partial charge in [-0.2, -0.15) is 5.10 Å². The molecule has 1 atom stereocenters. The van der Waals surface area contributed by atoms with E-state index in [2.05, 4.69) is 49.6 Å². The number of nitrogens with two attached hydrogens (primary N) is 1. The highest BCUT2D eigenvalue weighted by Gasteiger charge is 2.37. The summed E-state index contributed by atoms with van der Waals surface area (Å²) in [5, 5.41) is 4.22. The normalized spacial score (nSPS) is 14.2. The molecule has 1 aromatic rings. The van der Waals surface area contributed by atoms with Gasteiger partial charge in [-0.25, -0.2) is 0 Å². The molecule has 0 saturated carbocycles. The Morgan fingerprint density at radius 2 is 2.06 bits per heavy atom. The summed E-state index contributed by atoms with van der Waals surface area (Å²) in [6, 6.07) is 0.215. The van der Waals surface area contributed by atoms with Gasteiger partial charge in [0.15, 0.2) is 0 Å². The molecule has 1 unspecified atom stereocenters. The highest BCUT2D eigenvalue weighted by atomic mass is 15.3. The third-order valence-electron chi connectivity index (χ3n) is 4.16. The lowest BCUT2D eigenvalue weighted by molar-refractivity contribution is 0.0882. The van der Waals surface area contributed by atoms with Gasteiger partial charge in [0.25, 0.3) is 0 Å². The molecule has 0 aliphatic carbocycles. The topological polar surface area (TPSA) is 59.1 Å². The molecular weight excluding hydrogens is 226 g/mol. The van der Waals surface area contributed by atoms with E-state index >= 15 is 0 Å². The van der Waals surface area contributed by atoms with Crippen molar-refractivity contribution in [2.45, 2.75) is 44.7 Å². The van der Waals surface area contributed by atoms with Crippen LogP contribution >= 0.6 is 0 Å². The maximum Gasteiger partial charge on any atom is 0.0522 e. The molecular formula is C13H27N5. The molecule has 0 radical (unpaired) electrons. The predicted octanol–water partition coefficient (Wildman–Crippen LogP) is 0.915. The van der Waals surface area contributed by atoms with Gasteiger partial charge in [-0.1, -0.05) is 13.8 Å². The number of hydrogen-bond donors (Lipinski definition) is 2. The number of nitrogens with one attached hydrogen (secondary N) is 1. The van der Waals surface area contributed by atoms with Gasteiger partial charge in [-0.05, 0) is 38.9 Å². The van der Waals surface area contributed by atoms with Crippen LogP contribution in [-0.2, 0) is 13.5 Å². The average molecular weight is 253 g/mol. The van der Waals surface area contributed by atoms with Crippen molar-refractivity contribution in [3.63, 3.8) is 0 Å². The van der Waals surface area contributed by atoms with Crippen LogP contribution in [0.25, 0.3) is 0 Å². The Bertz CT molecular complexity index is 354. The van der Waals surface area contributed by atoms with Crippen molar-refractivity contribution in [2.24, 2.45) is 12.9 Å². The summed E-state index contributed by atoms with van der Waals surface area (Å²) in [5.74, 6) is 5.80. The lowest BCUT2D eigenvalue weighted by Crippen LogP contribution is -2.61. The minimum Gasteiger partial charge on any atom is -0.302 e. The van der Waals surface area contributed by atoms with E-state index in [0.717, 1.165) is 19.3 Å². The average Bonchev–Trinajstić information content (AvgIpc) is 2.75. The zero-order valence-electron chi connectivity index (χ0n) is 12.3. The maximum atomic E-state index is 5.80. The Kier molecular flexibility index (Phi) is 5.31. The number of aryl methyl sites for hydroxylation is 1. The first-order valence-corrected chi connectivity index (χ1v) is 6.61. The maximum absolute atomic E-state index is 5.80. The Morgan fingerprint density at radius 3 is 2.39 bits per heavy atom. The molecule has 1 heterocycles. The summed E-state index contributed by atoms with van der Waals surface area (Å²) in [6.45, 7) is 4.44. The number of likely N-dealkylation sites (N-methyl/N-ethyl adjacent to an activating group) is 1. The molecule has 5 heteroatoms. The van der Waals surface area contributed by atoms with Gasteiger partial charge < -0.3 is 4.90 Å². The first-order valence-electron chi connectivity index (χ1n) is 6.61. The van der Waals surface area contributed by atoms with E-state index in [1.807, 2.05) is 17.9 Å². The van der Waals surface area contributed by atoms with Crippen LogP contribution in [0.4, 0.5) is 0 Å².